The number of carbonyl (C=O) groups is 2. The van der Waals surface area contributed by atoms with Crippen LogP contribution in [0.25, 0.3) is 27.6 Å². The van der Waals surface area contributed by atoms with Gasteiger partial charge in [-0.3, -0.25) is 14.3 Å². The number of pyridine rings is 1. The highest BCUT2D eigenvalue weighted by Gasteiger charge is 2.29. The standard InChI is InChI=1S/C36H35F3N8O4/c1-50-30-16-23(37)5-6-25(30)27-18-26(22-4-3-9-46(21-22)32(48)7-10-47-11-8-41-43-47)33(39)34-28(27)19-29(42-34)36(49)45-14-12-44(13-15-45)35-31(51-2)17-24(38)20-40-35/h4-6,8,11,16-20,42H,3,7,9-10,12-15,21H2,1-2H3. The molecule has 3 aromatic heterocycles. The van der Waals surface area contributed by atoms with Crippen LogP contribution in [-0.2, 0) is 11.3 Å². The van der Waals surface area contributed by atoms with Crippen molar-refractivity contribution in [2.75, 3.05) is 58.4 Å². The number of aryl methyl sites for hydroxylation is 1. The first kappa shape index (κ1) is 33.6. The molecule has 2 aliphatic heterocycles. The summed E-state index contributed by atoms with van der Waals surface area (Å²) in [6.07, 6.45) is 7.00. The Morgan fingerprint density at radius 1 is 0.882 bits per heavy atom. The molecule has 12 nitrogen and oxygen atoms in total. The fraction of sp³-hybridized carbons (Fsp3) is 0.306. The van der Waals surface area contributed by atoms with E-state index in [2.05, 4.69) is 20.3 Å². The summed E-state index contributed by atoms with van der Waals surface area (Å²) in [7, 11) is 2.87. The number of aromatic amines is 1. The van der Waals surface area contributed by atoms with E-state index in [9.17, 15) is 18.4 Å². The second kappa shape index (κ2) is 14.2. The molecule has 15 heteroatoms. The molecule has 0 spiro atoms. The normalized spacial score (nSPS) is 14.9. The summed E-state index contributed by atoms with van der Waals surface area (Å²) in [5.74, 6) is -0.988. The average molecular weight is 701 g/mol. The summed E-state index contributed by atoms with van der Waals surface area (Å²) in [4.78, 5) is 39.5. The van der Waals surface area contributed by atoms with E-state index in [1.807, 2.05) is 11.0 Å². The van der Waals surface area contributed by atoms with Crippen LogP contribution in [0.3, 0.4) is 0 Å². The van der Waals surface area contributed by atoms with Crippen LogP contribution >= 0.6 is 0 Å². The van der Waals surface area contributed by atoms with Gasteiger partial charge in [-0.2, -0.15) is 0 Å². The van der Waals surface area contributed by atoms with Gasteiger partial charge in [-0.25, -0.2) is 18.2 Å². The Morgan fingerprint density at radius 2 is 1.67 bits per heavy atom. The van der Waals surface area contributed by atoms with Crippen LogP contribution in [0, 0.1) is 17.5 Å². The Hall–Kier alpha value is -5.86. The number of amides is 2. The topological polar surface area (TPSA) is 122 Å². The maximum atomic E-state index is 16.7. The van der Waals surface area contributed by atoms with Crippen LogP contribution in [0.1, 0.15) is 28.9 Å². The van der Waals surface area contributed by atoms with Crippen LogP contribution in [0.4, 0.5) is 19.0 Å². The molecule has 0 bridgehead atoms. The summed E-state index contributed by atoms with van der Waals surface area (Å²) in [6.45, 7) is 2.53. The van der Waals surface area contributed by atoms with E-state index in [1.165, 1.54) is 32.4 Å². The Labute approximate surface area is 291 Å². The van der Waals surface area contributed by atoms with Crippen molar-refractivity contribution in [3.05, 3.63) is 89.8 Å². The van der Waals surface area contributed by atoms with E-state index in [4.69, 9.17) is 9.47 Å². The average Bonchev–Trinajstić information content (AvgIpc) is 3.85. The molecule has 7 rings (SSSR count). The first-order chi connectivity index (χ1) is 24.7. The second-order valence-corrected chi connectivity index (χ2v) is 12.3. The van der Waals surface area contributed by atoms with Crippen LogP contribution in [0.5, 0.6) is 11.5 Å². The minimum atomic E-state index is -0.573. The molecule has 2 aliphatic rings. The Kier molecular flexibility index (Phi) is 9.34. The minimum absolute atomic E-state index is 0.0977. The monoisotopic (exact) mass is 700 g/mol. The fourth-order valence-electron chi connectivity index (χ4n) is 6.68. The number of anilines is 1. The summed E-state index contributed by atoms with van der Waals surface area (Å²) >= 11 is 0. The number of benzene rings is 2. The Balaban J connectivity index is 1.20. The van der Waals surface area contributed by atoms with Gasteiger partial charge in [0, 0.05) is 80.5 Å². The van der Waals surface area contributed by atoms with Crippen LogP contribution in [0.15, 0.2) is 61.1 Å². The molecule has 0 aliphatic carbocycles. The number of rotatable bonds is 9. The highest BCUT2D eigenvalue weighted by Crippen LogP contribution is 2.40. The van der Waals surface area contributed by atoms with Crippen molar-refractivity contribution in [1.29, 1.82) is 0 Å². The van der Waals surface area contributed by atoms with Crippen molar-refractivity contribution >= 4 is 34.1 Å². The van der Waals surface area contributed by atoms with Gasteiger partial charge in [0.2, 0.25) is 5.91 Å². The third-order valence-corrected chi connectivity index (χ3v) is 9.30. The van der Waals surface area contributed by atoms with Gasteiger partial charge in [-0.1, -0.05) is 11.3 Å². The van der Waals surface area contributed by atoms with Gasteiger partial charge in [0.15, 0.2) is 17.4 Å². The zero-order valence-corrected chi connectivity index (χ0v) is 28.0. The van der Waals surface area contributed by atoms with Gasteiger partial charge in [-0.05, 0) is 41.8 Å². The number of aromatic nitrogens is 5. The van der Waals surface area contributed by atoms with Crippen molar-refractivity contribution in [2.45, 2.75) is 19.4 Å². The third-order valence-electron chi connectivity index (χ3n) is 9.30. The molecular weight excluding hydrogens is 665 g/mol. The number of methoxy groups -OCH3 is 2. The number of carbonyl (C=O) groups excluding carboxylic acids is 2. The third kappa shape index (κ3) is 6.70. The van der Waals surface area contributed by atoms with Crippen LogP contribution < -0.4 is 14.4 Å². The van der Waals surface area contributed by atoms with Gasteiger partial charge < -0.3 is 29.2 Å². The van der Waals surface area contributed by atoms with E-state index in [0.29, 0.717) is 79.3 Å². The smallest absolute Gasteiger partial charge is 0.270 e. The minimum Gasteiger partial charge on any atom is -0.496 e. The zero-order valence-electron chi connectivity index (χ0n) is 28.0. The molecule has 2 amide bonds. The number of nitrogens with one attached hydrogen (secondary N) is 1. The number of hydrogen-bond donors (Lipinski definition) is 1. The number of H-pyrrole nitrogens is 1. The highest BCUT2D eigenvalue weighted by atomic mass is 19.1. The lowest BCUT2D eigenvalue weighted by Crippen LogP contribution is -2.49. The molecule has 0 atom stereocenters. The molecule has 5 heterocycles. The number of piperazine rings is 1. The van der Waals surface area contributed by atoms with Gasteiger partial charge in [0.1, 0.15) is 23.1 Å². The lowest BCUT2D eigenvalue weighted by atomic mass is 9.92. The summed E-state index contributed by atoms with van der Waals surface area (Å²) in [6, 6.07) is 8.65. The van der Waals surface area contributed by atoms with Crippen molar-refractivity contribution in [2.24, 2.45) is 0 Å². The summed E-state index contributed by atoms with van der Waals surface area (Å²) in [5, 5.41) is 8.10. The number of hydrogen-bond acceptors (Lipinski definition) is 8. The quantitative estimate of drug-likeness (QED) is 0.230. The molecule has 0 radical (unpaired) electrons. The molecular formula is C36H35F3N8O4. The summed E-state index contributed by atoms with van der Waals surface area (Å²) < 4.78 is 57.1. The van der Waals surface area contributed by atoms with E-state index in [1.54, 1.807) is 45.1 Å². The van der Waals surface area contributed by atoms with Crippen LogP contribution in [0.2, 0.25) is 0 Å². The SMILES string of the molecule is COc1cc(F)ccc1-c1cc(C2=CCCN(C(=O)CCn3ccnn3)C2)c(F)c2[nH]c(C(=O)N3CCN(c4ncc(F)cc4OC)CC3)cc12. The second-order valence-electron chi connectivity index (χ2n) is 12.3. The fourth-order valence-corrected chi connectivity index (χ4v) is 6.68. The lowest BCUT2D eigenvalue weighted by Gasteiger charge is -2.35. The van der Waals surface area contributed by atoms with Gasteiger partial charge in [0.25, 0.3) is 5.91 Å². The molecule has 1 fully saturated rings. The first-order valence-corrected chi connectivity index (χ1v) is 16.5. The number of halogens is 3. The number of fused-ring (bicyclic) bond motifs is 1. The maximum Gasteiger partial charge on any atom is 0.270 e. The maximum absolute atomic E-state index is 16.7. The summed E-state index contributed by atoms with van der Waals surface area (Å²) in [5.41, 5.74) is 2.19. The molecule has 2 aromatic carbocycles. The molecule has 1 saturated heterocycles. The lowest BCUT2D eigenvalue weighted by molar-refractivity contribution is -0.131. The van der Waals surface area contributed by atoms with Crippen molar-refractivity contribution in [3.8, 4) is 22.6 Å². The van der Waals surface area contributed by atoms with Gasteiger partial charge in [0.05, 0.1) is 38.7 Å². The Bertz CT molecular complexity index is 2130. The predicted octanol–water partition coefficient (Wildman–Crippen LogP) is 4.92. The molecule has 1 N–H and O–H groups in total. The predicted molar refractivity (Wildman–Crippen MR) is 183 cm³/mol. The largest absolute Gasteiger partial charge is 0.496 e. The Morgan fingerprint density at radius 3 is 2.41 bits per heavy atom. The van der Waals surface area contributed by atoms with E-state index in [-0.39, 0.29) is 47.3 Å². The van der Waals surface area contributed by atoms with Crippen molar-refractivity contribution in [3.63, 3.8) is 0 Å². The van der Waals surface area contributed by atoms with E-state index < -0.39 is 17.5 Å². The van der Waals surface area contributed by atoms with Crippen molar-refractivity contribution < 1.29 is 32.2 Å². The highest BCUT2D eigenvalue weighted by molar-refractivity contribution is 6.05. The van der Waals surface area contributed by atoms with Crippen molar-refractivity contribution in [1.82, 2.24) is 34.8 Å². The number of ether oxygens (including phenoxy) is 2. The molecule has 0 saturated carbocycles. The van der Waals surface area contributed by atoms with E-state index in [0.717, 1.165) is 6.20 Å². The molecule has 51 heavy (non-hydrogen) atoms. The van der Waals surface area contributed by atoms with Gasteiger partial charge in [-0.15, -0.1) is 5.10 Å². The molecule has 0 unspecified atom stereocenters. The zero-order chi connectivity index (χ0) is 35.6. The number of nitrogens with zero attached hydrogens (tertiary/aromatic N) is 7. The first-order valence-electron chi connectivity index (χ1n) is 16.5. The van der Waals surface area contributed by atoms with Gasteiger partial charge >= 0.3 is 0 Å². The molecule has 5 aromatic rings. The molecule has 264 valence electrons. The van der Waals surface area contributed by atoms with Crippen LogP contribution in [-0.4, -0.2) is 100 Å². The van der Waals surface area contributed by atoms with E-state index >= 15 is 4.39 Å².